The summed E-state index contributed by atoms with van der Waals surface area (Å²) in [4.78, 5) is 27.2. The highest BCUT2D eigenvalue weighted by atomic mass is 35.5. The van der Waals surface area contributed by atoms with Gasteiger partial charge in [-0.1, -0.05) is 54.7 Å². The van der Waals surface area contributed by atoms with Gasteiger partial charge in [0.25, 0.3) is 5.91 Å². The van der Waals surface area contributed by atoms with Crippen molar-refractivity contribution in [3.63, 3.8) is 0 Å². The lowest BCUT2D eigenvalue weighted by Gasteiger charge is -2.29. The van der Waals surface area contributed by atoms with Gasteiger partial charge in [0.15, 0.2) is 6.61 Å². The lowest BCUT2D eigenvalue weighted by molar-refractivity contribution is -0.142. The number of hydrogen-bond donors (Lipinski definition) is 1. The van der Waals surface area contributed by atoms with Gasteiger partial charge in [-0.05, 0) is 55.7 Å². The Bertz CT molecular complexity index is 914. The quantitative estimate of drug-likeness (QED) is 0.508. The molecule has 0 saturated carbocycles. The number of rotatable bonds is 9. The summed E-state index contributed by atoms with van der Waals surface area (Å²) >= 11 is 18.6. The minimum Gasteiger partial charge on any atom is -0.484 e. The number of amides is 2. The largest absolute Gasteiger partial charge is 0.484 e. The van der Waals surface area contributed by atoms with Crippen molar-refractivity contribution in [3.8, 4) is 5.75 Å². The molecule has 0 bridgehead atoms. The summed E-state index contributed by atoms with van der Waals surface area (Å²) in [7, 11) is 0. The normalized spacial score (nSPS) is 11.9. The van der Waals surface area contributed by atoms with Crippen molar-refractivity contribution in [3.05, 3.63) is 62.6 Å². The van der Waals surface area contributed by atoms with E-state index in [1.165, 1.54) is 4.90 Å². The average molecular weight is 486 g/mol. The van der Waals surface area contributed by atoms with Gasteiger partial charge in [-0.25, -0.2) is 0 Å². The number of carbonyl (C=O) groups is 2. The highest BCUT2D eigenvalue weighted by Crippen LogP contribution is 2.27. The van der Waals surface area contributed by atoms with E-state index in [2.05, 4.69) is 5.32 Å². The fourth-order valence-electron chi connectivity index (χ4n) is 2.82. The van der Waals surface area contributed by atoms with Crippen molar-refractivity contribution in [2.24, 2.45) is 5.92 Å². The topological polar surface area (TPSA) is 58.6 Å². The van der Waals surface area contributed by atoms with Crippen LogP contribution in [0.5, 0.6) is 5.75 Å². The van der Waals surface area contributed by atoms with Gasteiger partial charge in [0, 0.05) is 33.7 Å². The molecule has 2 aromatic carbocycles. The van der Waals surface area contributed by atoms with Gasteiger partial charge in [0.2, 0.25) is 5.91 Å². The number of aryl methyl sites for hydroxylation is 1. The van der Waals surface area contributed by atoms with E-state index in [1.54, 1.807) is 43.3 Å². The van der Waals surface area contributed by atoms with E-state index in [0.717, 1.165) is 5.56 Å². The van der Waals surface area contributed by atoms with Gasteiger partial charge in [0.1, 0.15) is 11.8 Å². The Hall–Kier alpha value is -1.95. The Morgan fingerprint density at radius 1 is 1.03 bits per heavy atom. The second kappa shape index (κ2) is 11.6. The van der Waals surface area contributed by atoms with E-state index in [1.807, 2.05) is 20.8 Å². The summed E-state index contributed by atoms with van der Waals surface area (Å²) in [5, 5.41) is 4.33. The van der Waals surface area contributed by atoms with Crippen molar-refractivity contribution in [2.75, 3.05) is 13.2 Å². The molecule has 31 heavy (non-hydrogen) atoms. The predicted molar refractivity (Wildman–Crippen MR) is 126 cm³/mol. The van der Waals surface area contributed by atoms with Crippen molar-refractivity contribution in [1.82, 2.24) is 10.2 Å². The molecule has 0 aliphatic carbocycles. The molecule has 2 aromatic rings. The number of benzene rings is 2. The summed E-state index contributed by atoms with van der Waals surface area (Å²) in [5.41, 5.74) is 1.41. The third-order valence-electron chi connectivity index (χ3n) is 4.73. The number of hydrogen-bond acceptors (Lipinski definition) is 3. The average Bonchev–Trinajstić information content (AvgIpc) is 2.72. The molecule has 1 unspecified atom stereocenters. The number of nitrogens with one attached hydrogen (secondary N) is 1. The number of halogens is 3. The zero-order valence-electron chi connectivity index (χ0n) is 18.0. The highest BCUT2D eigenvalue weighted by Gasteiger charge is 2.28. The summed E-state index contributed by atoms with van der Waals surface area (Å²) in [5.74, 6) is 0.182. The number of carbonyl (C=O) groups excluding carboxylic acids is 2. The molecule has 2 amide bonds. The second-order valence-corrected chi connectivity index (χ2v) is 8.96. The van der Waals surface area contributed by atoms with Crippen molar-refractivity contribution in [1.29, 1.82) is 0 Å². The zero-order valence-corrected chi connectivity index (χ0v) is 20.3. The van der Waals surface area contributed by atoms with Crippen molar-refractivity contribution in [2.45, 2.75) is 40.3 Å². The second-order valence-electron chi connectivity index (χ2n) is 7.74. The number of nitrogens with zero attached hydrogens (tertiary/aromatic N) is 1. The van der Waals surface area contributed by atoms with E-state index in [4.69, 9.17) is 39.5 Å². The first kappa shape index (κ1) is 25.3. The summed E-state index contributed by atoms with van der Waals surface area (Å²) < 4.78 is 5.66. The van der Waals surface area contributed by atoms with Gasteiger partial charge in [-0.2, -0.15) is 0 Å². The van der Waals surface area contributed by atoms with Crippen LogP contribution in [-0.4, -0.2) is 35.9 Å². The smallest absolute Gasteiger partial charge is 0.261 e. The molecule has 168 valence electrons. The van der Waals surface area contributed by atoms with Crippen LogP contribution >= 0.6 is 34.8 Å². The summed E-state index contributed by atoms with van der Waals surface area (Å²) in [6.45, 7) is 7.87. The molecule has 0 fully saturated rings. The first-order chi connectivity index (χ1) is 14.6. The van der Waals surface area contributed by atoms with Crippen LogP contribution in [0.2, 0.25) is 15.1 Å². The van der Waals surface area contributed by atoms with Crippen LogP contribution < -0.4 is 10.1 Å². The third-order valence-corrected chi connectivity index (χ3v) is 5.87. The monoisotopic (exact) mass is 484 g/mol. The molecule has 0 aromatic heterocycles. The Morgan fingerprint density at radius 2 is 1.68 bits per heavy atom. The van der Waals surface area contributed by atoms with Gasteiger partial charge in [-0.15, -0.1) is 0 Å². The Labute approximate surface area is 198 Å². The van der Waals surface area contributed by atoms with Crippen molar-refractivity contribution >= 4 is 46.6 Å². The maximum Gasteiger partial charge on any atom is 0.261 e. The predicted octanol–water partition coefficient (Wildman–Crippen LogP) is 5.52. The van der Waals surface area contributed by atoms with Gasteiger partial charge >= 0.3 is 0 Å². The van der Waals surface area contributed by atoms with Gasteiger partial charge in [0.05, 0.1) is 0 Å². The fourth-order valence-corrected chi connectivity index (χ4v) is 3.46. The molecule has 1 atom stereocenters. The van der Waals surface area contributed by atoms with E-state index in [-0.39, 0.29) is 30.9 Å². The molecule has 5 nitrogen and oxygen atoms in total. The molecule has 8 heteroatoms. The Balaban J connectivity index is 2.21. The zero-order chi connectivity index (χ0) is 23.1. The lowest BCUT2D eigenvalue weighted by Crippen LogP contribution is -2.49. The minimum atomic E-state index is -0.742. The van der Waals surface area contributed by atoms with E-state index >= 15 is 0 Å². The van der Waals surface area contributed by atoms with Gasteiger partial charge in [-0.3, -0.25) is 9.59 Å². The van der Waals surface area contributed by atoms with Crippen LogP contribution in [0.4, 0.5) is 0 Å². The molecule has 0 aliphatic rings. The van der Waals surface area contributed by atoms with Crippen LogP contribution in [0, 0.1) is 12.8 Å². The SMILES string of the molecule is Cc1cc(OCC(=O)N(Cc2c(Cl)cccc2Cl)C(C)C(=O)NCC(C)C)ccc1Cl. The minimum absolute atomic E-state index is 0.0800. The lowest BCUT2D eigenvalue weighted by atomic mass is 10.1. The fraction of sp³-hybridized carbons (Fsp3) is 0.391. The summed E-state index contributed by atoms with van der Waals surface area (Å²) in [6, 6.07) is 9.53. The Morgan fingerprint density at radius 3 is 2.26 bits per heavy atom. The van der Waals surface area contributed by atoms with Crippen LogP contribution in [0.15, 0.2) is 36.4 Å². The first-order valence-corrected chi connectivity index (χ1v) is 11.1. The molecule has 0 saturated heterocycles. The number of ether oxygens (including phenoxy) is 1. The third kappa shape index (κ3) is 7.30. The van der Waals surface area contributed by atoms with Crippen LogP contribution in [0.25, 0.3) is 0 Å². The molecule has 0 spiro atoms. The van der Waals surface area contributed by atoms with E-state index in [0.29, 0.717) is 32.9 Å². The maximum absolute atomic E-state index is 13.1. The van der Waals surface area contributed by atoms with E-state index < -0.39 is 6.04 Å². The van der Waals surface area contributed by atoms with Crippen LogP contribution in [0.1, 0.15) is 31.9 Å². The van der Waals surface area contributed by atoms with Crippen LogP contribution in [-0.2, 0) is 16.1 Å². The Kier molecular flexibility index (Phi) is 9.48. The standard InChI is InChI=1S/C23H27Cl3N2O3/c1-14(2)11-27-23(30)16(4)28(12-18-20(25)6-5-7-21(18)26)22(29)13-31-17-8-9-19(24)15(3)10-17/h5-10,14,16H,11-13H2,1-4H3,(H,27,30). The highest BCUT2D eigenvalue weighted by molar-refractivity contribution is 6.36. The molecular formula is C23H27Cl3N2O3. The summed E-state index contributed by atoms with van der Waals surface area (Å²) in [6.07, 6.45) is 0. The molecule has 0 aliphatic heterocycles. The molecular weight excluding hydrogens is 459 g/mol. The van der Waals surface area contributed by atoms with E-state index in [9.17, 15) is 9.59 Å². The van der Waals surface area contributed by atoms with Crippen molar-refractivity contribution < 1.29 is 14.3 Å². The maximum atomic E-state index is 13.1. The molecule has 2 rings (SSSR count). The molecule has 0 radical (unpaired) electrons. The van der Waals surface area contributed by atoms with Gasteiger partial charge < -0.3 is 15.0 Å². The first-order valence-electron chi connectivity index (χ1n) is 9.99. The molecule has 1 N–H and O–H groups in total. The van der Waals surface area contributed by atoms with Crippen LogP contribution in [0.3, 0.4) is 0 Å². The molecule has 0 heterocycles.